The Bertz CT molecular complexity index is 1240. The number of carbonyl (C=O) groups excluding carboxylic acids is 1. The van der Waals surface area contributed by atoms with E-state index < -0.39 is 17.4 Å². The zero-order valence-corrected chi connectivity index (χ0v) is 16.7. The summed E-state index contributed by atoms with van der Waals surface area (Å²) in [6, 6.07) is 6.14. The normalized spacial score (nSPS) is 11.8. The van der Waals surface area contributed by atoms with Crippen LogP contribution in [0.4, 0.5) is 14.5 Å². The molecule has 0 aliphatic rings. The molecular formula is C21H20F2N6O. The first kappa shape index (κ1) is 19.7. The van der Waals surface area contributed by atoms with E-state index in [2.05, 4.69) is 25.6 Å². The van der Waals surface area contributed by atoms with E-state index in [4.69, 9.17) is 0 Å². The third-order valence-electron chi connectivity index (χ3n) is 4.56. The van der Waals surface area contributed by atoms with Crippen LogP contribution in [0.5, 0.6) is 0 Å². The Morgan fingerprint density at radius 2 is 2.03 bits per heavy atom. The maximum Gasteiger partial charge on any atom is 0.258 e. The topological polar surface area (TPSA) is 88.5 Å². The molecule has 0 fully saturated rings. The second-order valence-electron chi connectivity index (χ2n) is 7.75. The van der Waals surface area contributed by atoms with Crippen molar-refractivity contribution in [2.24, 2.45) is 0 Å². The number of halogens is 2. The maximum atomic E-state index is 14.1. The summed E-state index contributed by atoms with van der Waals surface area (Å²) in [4.78, 5) is 16.9. The van der Waals surface area contributed by atoms with Gasteiger partial charge in [0.2, 0.25) is 0 Å². The fourth-order valence-electron chi connectivity index (χ4n) is 3.16. The number of H-pyrrole nitrogens is 1. The Labute approximate surface area is 171 Å². The molecule has 0 radical (unpaired) electrons. The minimum absolute atomic E-state index is 0.0700. The first-order valence-electron chi connectivity index (χ1n) is 9.33. The molecule has 4 aromatic rings. The fourth-order valence-corrected chi connectivity index (χ4v) is 3.16. The fraction of sp³-hybridized carbons (Fsp3) is 0.238. The first-order chi connectivity index (χ1) is 14.2. The van der Waals surface area contributed by atoms with Crippen molar-refractivity contribution in [2.75, 3.05) is 5.32 Å². The Balaban J connectivity index is 1.66. The number of nitrogens with one attached hydrogen (secondary N) is 2. The van der Waals surface area contributed by atoms with Crippen molar-refractivity contribution in [1.29, 1.82) is 0 Å². The van der Waals surface area contributed by atoms with Crippen molar-refractivity contribution in [2.45, 2.75) is 33.0 Å². The average molecular weight is 410 g/mol. The summed E-state index contributed by atoms with van der Waals surface area (Å²) >= 11 is 0. The van der Waals surface area contributed by atoms with Crippen LogP contribution in [0.1, 0.15) is 29.8 Å². The molecule has 0 spiro atoms. The number of nitrogens with zero attached hydrogens (tertiary/aromatic N) is 4. The van der Waals surface area contributed by atoms with Crippen LogP contribution in [0.3, 0.4) is 0 Å². The van der Waals surface area contributed by atoms with Crippen molar-refractivity contribution in [3.63, 3.8) is 0 Å². The number of alkyl halides is 1. The van der Waals surface area contributed by atoms with Gasteiger partial charge < -0.3 is 5.32 Å². The number of carbonyl (C=O) groups is 1. The summed E-state index contributed by atoms with van der Waals surface area (Å²) in [6.45, 7) is 4.79. The molecule has 9 heteroatoms. The number of aromatic amines is 1. The Hall–Kier alpha value is -3.62. The van der Waals surface area contributed by atoms with Gasteiger partial charge in [0, 0.05) is 11.6 Å². The number of hydrogen-bond acceptors (Lipinski definition) is 4. The van der Waals surface area contributed by atoms with Crippen molar-refractivity contribution < 1.29 is 13.6 Å². The molecule has 1 amide bonds. The third-order valence-corrected chi connectivity index (χ3v) is 4.56. The number of anilines is 1. The molecule has 3 aromatic heterocycles. The minimum atomic E-state index is -1.44. The third kappa shape index (κ3) is 3.91. The van der Waals surface area contributed by atoms with Gasteiger partial charge in [0.25, 0.3) is 5.91 Å². The summed E-state index contributed by atoms with van der Waals surface area (Å²) in [5.41, 5.74) is 1.19. The molecule has 0 unspecified atom stereocenters. The lowest BCUT2D eigenvalue weighted by molar-refractivity contribution is 0.102. The van der Waals surface area contributed by atoms with E-state index in [0.29, 0.717) is 22.6 Å². The molecule has 3 heterocycles. The average Bonchev–Trinajstić information content (AvgIpc) is 3.27. The first-order valence-corrected chi connectivity index (χ1v) is 9.33. The predicted octanol–water partition coefficient (Wildman–Crippen LogP) is 4.27. The number of aromatic nitrogens is 5. The molecule has 2 N–H and O–H groups in total. The molecule has 30 heavy (non-hydrogen) atoms. The van der Waals surface area contributed by atoms with E-state index >= 15 is 0 Å². The second kappa shape index (κ2) is 7.33. The number of pyridine rings is 1. The van der Waals surface area contributed by atoms with E-state index in [9.17, 15) is 13.6 Å². The van der Waals surface area contributed by atoms with Crippen LogP contribution < -0.4 is 5.32 Å². The monoisotopic (exact) mass is 410 g/mol. The summed E-state index contributed by atoms with van der Waals surface area (Å²) < 4.78 is 29.8. The SMILES string of the molecule is Cc1ccc(C(=O)Nc2cn[nH]c2-c2cc3c(cn2)cnn3CC(C)(C)F)c(F)c1. The van der Waals surface area contributed by atoms with Gasteiger partial charge in [-0.2, -0.15) is 10.2 Å². The molecule has 1 aromatic carbocycles. The van der Waals surface area contributed by atoms with Gasteiger partial charge >= 0.3 is 0 Å². The lowest BCUT2D eigenvalue weighted by atomic mass is 10.1. The number of hydrogen-bond donors (Lipinski definition) is 2. The van der Waals surface area contributed by atoms with Gasteiger partial charge in [0.05, 0.1) is 41.4 Å². The van der Waals surface area contributed by atoms with Gasteiger partial charge in [-0.1, -0.05) is 6.07 Å². The Morgan fingerprint density at radius 1 is 1.23 bits per heavy atom. The number of fused-ring (bicyclic) bond motifs is 1. The molecular weight excluding hydrogens is 390 g/mol. The van der Waals surface area contributed by atoms with Gasteiger partial charge in [-0.25, -0.2) is 8.78 Å². The van der Waals surface area contributed by atoms with E-state index in [-0.39, 0.29) is 12.1 Å². The highest BCUT2D eigenvalue weighted by molar-refractivity contribution is 6.06. The van der Waals surface area contributed by atoms with Gasteiger partial charge in [-0.05, 0) is 44.5 Å². The lowest BCUT2D eigenvalue weighted by Gasteiger charge is -2.14. The van der Waals surface area contributed by atoms with Crippen LogP contribution in [0, 0.1) is 12.7 Å². The van der Waals surface area contributed by atoms with Gasteiger partial charge in [0.1, 0.15) is 17.2 Å². The van der Waals surface area contributed by atoms with Crippen molar-refractivity contribution in [3.8, 4) is 11.4 Å². The van der Waals surface area contributed by atoms with Crippen LogP contribution in [-0.2, 0) is 6.54 Å². The number of amides is 1. The van der Waals surface area contributed by atoms with Crippen LogP contribution in [0.2, 0.25) is 0 Å². The lowest BCUT2D eigenvalue weighted by Crippen LogP contribution is -2.21. The second-order valence-corrected chi connectivity index (χ2v) is 7.75. The molecule has 7 nitrogen and oxygen atoms in total. The zero-order chi connectivity index (χ0) is 21.5. The largest absolute Gasteiger partial charge is 0.319 e. The summed E-state index contributed by atoms with van der Waals surface area (Å²) in [5.74, 6) is -1.20. The predicted molar refractivity (Wildman–Crippen MR) is 109 cm³/mol. The van der Waals surface area contributed by atoms with Crippen molar-refractivity contribution in [1.82, 2.24) is 25.0 Å². The van der Waals surface area contributed by atoms with E-state index in [1.165, 1.54) is 32.2 Å². The molecule has 0 bridgehead atoms. The van der Waals surface area contributed by atoms with Crippen LogP contribution in [0.15, 0.2) is 42.9 Å². The molecule has 0 saturated carbocycles. The Morgan fingerprint density at radius 3 is 2.77 bits per heavy atom. The maximum absolute atomic E-state index is 14.1. The minimum Gasteiger partial charge on any atom is -0.319 e. The summed E-state index contributed by atoms with van der Waals surface area (Å²) in [7, 11) is 0. The van der Waals surface area contributed by atoms with E-state index in [1.807, 2.05) is 0 Å². The Kier molecular flexibility index (Phi) is 4.81. The van der Waals surface area contributed by atoms with Crippen molar-refractivity contribution >= 4 is 22.5 Å². The van der Waals surface area contributed by atoms with E-state index in [0.717, 1.165) is 10.9 Å². The molecule has 4 rings (SSSR count). The van der Waals surface area contributed by atoms with Crippen molar-refractivity contribution in [3.05, 3.63) is 59.8 Å². The number of aryl methyl sites for hydroxylation is 1. The number of rotatable bonds is 5. The smallest absolute Gasteiger partial charge is 0.258 e. The van der Waals surface area contributed by atoms with Crippen LogP contribution in [-0.4, -0.2) is 36.5 Å². The molecule has 154 valence electrons. The zero-order valence-electron chi connectivity index (χ0n) is 16.7. The molecule has 0 aliphatic carbocycles. The van der Waals surface area contributed by atoms with E-state index in [1.54, 1.807) is 36.1 Å². The molecule has 0 saturated heterocycles. The number of benzene rings is 1. The summed E-state index contributed by atoms with van der Waals surface area (Å²) in [6.07, 6.45) is 4.66. The van der Waals surface area contributed by atoms with Crippen LogP contribution in [0.25, 0.3) is 22.3 Å². The highest BCUT2D eigenvalue weighted by atomic mass is 19.1. The quantitative estimate of drug-likeness (QED) is 0.514. The highest BCUT2D eigenvalue weighted by Gasteiger charge is 2.20. The standard InChI is InChI=1S/C21H20F2N6O/c1-12-4-5-14(15(22)6-12)20(30)27-17-10-25-28-19(17)16-7-18-13(8-24-16)9-26-29(18)11-21(2,3)23/h4-10H,11H2,1-3H3,(H,25,28)(H,27,30). The van der Waals surface area contributed by atoms with Gasteiger partial charge in [-0.3, -0.25) is 19.6 Å². The summed E-state index contributed by atoms with van der Waals surface area (Å²) in [5, 5.41) is 14.4. The van der Waals surface area contributed by atoms with Crippen LogP contribution >= 0.6 is 0 Å². The van der Waals surface area contributed by atoms with Gasteiger partial charge in [0.15, 0.2) is 0 Å². The highest BCUT2D eigenvalue weighted by Crippen LogP contribution is 2.27. The molecule has 0 aliphatic heterocycles. The van der Waals surface area contributed by atoms with Gasteiger partial charge in [-0.15, -0.1) is 0 Å². The molecule has 0 atom stereocenters.